The van der Waals surface area contributed by atoms with E-state index in [2.05, 4.69) is 0 Å². The Morgan fingerprint density at radius 3 is 2.90 bits per heavy atom. The van der Waals surface area contributed by atoms with E-state index in [1.165, 1.54) is 6.08 Å². The van der Waals surface area contributed by atoms with Crippen LogP contribution in [-0.4, -0.2) is 52.4 Å². The topological polar surface area (TPSA) is 93.1 Å². The van der Waals surface area contributed by atoms with Gasteiger partial charge in [-0.25, -0.2) is 0 Å². The van der Waals surface area contributed by atoms with Crippen LogP contribution in [0.5, 0.6) is 0 Å². The van der Waals surface area contributed by atoms with E-state index >= 15 is 0 Å². The van der Waals surface area contributed by atoms with Crippen LogP contribution in [0.15, 0.2) is 23.8 Å². The molecule has 0 spiro atoms. The molecule has 170 valence electrons. The van der Waals surface area contributed by atoms with Crippen molar-refractivity contribution in [2.45, 2.75) is 83.4 Å². The van der Waals surface area contributed by atoms with Crippen LogP contribution in [0, 0.1) is 28.6 Å². The Labute approximate surface area is 189 Å². The van der Waals surface area contributed by atoms with Gasteiger partial charge in [-0.15, -0.1) is 0 Å². The van der Waals surface area contributed by atoms with Gasteiger partial charge in [-0.05, 0) is 56.1 Å². The van der Waals surface area contributed by atoms with E-state index in [1.807, 2.05) is 20.8 Å². The summed E-state index contributed by atoms with van der Waals surface area (Å²) >= 11 is 0. The van der Waals surface area contributed by atoms with Crippen molar-refractivity contribution in [3.05, 3.63) is 23.8 Å². The first-order valence-electron chi connectivity index (χ1n) is 13.5. The van der Waals surface area contributed by atoms with Crippen molar-refractivity contribution in [1.82, 2.24) is 0 Å². The predicted octanol–water partition coefficient (Wildman–Crippen LogP) is 2.72. The maximum atomic E-state index is 13.5. The van der Waals surface area contributed by atoms with Crippen LogP contribution in [0.3, 0.4) is 0 Å². The highest BCUT2D eigenvalue weighted by molar-refractivity contribution is 6.01. The van der Waals surface area contributed by atoms with Crippen LogP contribution in [0.2, 0.25) is 0 Å². The average Bonchev–Trinajstić information content (AvgIpc) is 3.23. The zero-order chi connectivity index (χ0) is 25.7. The summed E-state index contributed by atoms with van der Waals surface area (Å²) in [6, 6.07) is -0.00277. The van der Waals surface area contributed by atoms with E-state index in [0.29, 0.717) is 31.3 Å². The molecule has 3 saturated carbocycles. The fourth-order valence-electron chi connectivity index (χ4n) is 7.77. The van der Waals surface area contributed by atoms with Crippen LogP contribution in [0.25, 0.3) is 0 Å². The molecule has 4 aliphatic carbocycles. The van der Waals surface area contributed by atoms with Gasteiger partial charge in [-0.1, -0.05) is 38.8 Å². The molecule has 1 aliphatic heterocycles. The number of aliphatic hydroxyl groups is 2. The van der Waals surface area contributed by atoms with E-state index in [4.69, 9.17) is 15.0 Å². The van der Waals surface area contributed by atoms with Crippen LogP contribution in [0.4, 0.5) is 0 Å². The third-order valence-electron chi connectivity index (χ3n) is 9.01. The van der Waals surface area contributed by atoms with Crippen LogP contribution >= 0.6 is 0 Å². The largest absolute Gasteiger partial charge is 0.393 e. The van der Waals surface area contributed by atoms with Crippen LogP contribution in [0.1, 0.15) is 64.8 Å². The smallest absolute Gasteiger partial charge is 0.193 e. The van der Waals surface area contributed by atoms with E-state index in [9.17, 15) is 19.8 Å². The molecule has 5 rings (SSSR count). The van der Waals surface area contributed by atoms with Crippen molar-refractivity contribution >= 4 is 11.6 Å². The number of carbonyl (C=O) groups is 2. The number of aliphatic hydroxyl groups excluding tert-OH is 1. The molecule has 1 saturated heterocycles. The van der Waals surface area contributed by atoms with Gasteiger partial charge in [0.1, 0.15) is 6.56 Å². The molecule has 31 heavy (non-hydrogen) atoms. The van der Waals surface area contributed by atoms with E-state index in [-0.39, 0.29) is 30.4 Å². The molecule has 6 heteroatoms. The summed E-state index contributed by atoms with van der Waals surface area (Å²) in [6.07, 6.45) is 1.51. The second-order valence-electron chi connectivity index (χ2n) is 10.4. The van der Waals surface area contributed by atoms with Crippen molar-refractivity contribution in [3.8, 4) is 0 Å². The van der Waals surface area contributed by atoms with Crippen LogP contribution in [-0.2, 0) is 19.1 Å². The lowest BCUT2D eigenvalue weighted by Crippen LogP contribution is -2.63. The second-order valence-corrected chi connectivity index (χ2v) is 10.4. The lowest BCUT2D eigenvalue weighted by Gasteiger charge is -2.59. The minimum Gasteiger partial charge on any atom is -0.393 e. The highest BCUT2D eigenvalue weighted by Crippen LogP contribution is 2.69. The van der Waals surface area contributed by atoms with Gasteiger partial charge in [0.25, 0.3) is 0 Å². The Morgan fingerprint density at radius 1 is 1.42 bits per heavy atom. The minimum absolute atomic E-state index is 0.0940. The fourth-order valence-corrected chi connectivity index (χ4v) is 7.77. The van der Waals surface area contributed by atoms with Crippen molar-refractivity contribution < 1.29 is 34.8 Å². The number of hydrogen-bond donors (Lipinski definition) is 2. The number of rotatable bonds is 4. The number of fused-ring (bicyclic) bond motifs is 7. The van der Waals surface area contributed by atoms with E-state index < -0.39 is 59.0 Å². The van der Waals surface area contributed by atoms with E-state index in [0.717, 1.165) is 6.42 Å². The number of ketones is 2. The molecular weight excluding hydrogens is 396 g/mol. The second kappa shape index (κ2) is 7.08. The predicted molar refractivity (Wildman–Crippen MR) is 113 cm³/mol. The number of allylic oxidation sites excluding steroid dienone is 4. The monoisotopic (exact) mass is 434 g/mol. The molecule has 0 bridgehead atoms. The van der Waals surface area contributed by atoms with Gasteiger partial charge < -0.3 is 19.7 Å². The van der Waals surface area contributed by atoms with Gasteiger partial charge in [0.05, 0.1) is 17.7 Å². The van der Waals surface area contributed by atoms with Gasteiger partial charge in [-0.3, -0.25) is 9.59 Å². The highest BCUT2D eigenvalue weighted by Gasteiger charge is 2.75. The lowest BCUT2D eigenvalue weighted by molar-refractivity contribution is -0.200. The molecule has 9 atom stereocenters. The average molecular weight is 435 g/mol. The maximum absolute atomic E-state index is 13.5. The van der Waals surface area contributed by atoms with Gasteiger partial charge in [-0.2, -0.15) is 0 Å². The van der Waals surface area contributed by atoms with Gasteiger partial charge >= 0.3 is 0 Å². The molecule has 0 aromatic carbocycles. The third kappa shape index (κ3) is 2.65. The summed E-state index contributed by atoms with van der Waals surface area (Å²) < 4.78 is 45.2. The molecule has 5 aliphatic rings. The van der Waals surface area contributed by atoms with Crippen LogP contribution < -0.4 is 0 Å². The number of hydrogen-bond acceptors (Lipinski definition) is 6. The first kappa shape index (κ1) is 17.2. The molecule has 2 N–H and O–H groups in total. The van der Waals surface area contributed by atoms with Crippen molar-refractivity contribution in [2.24, 2.45) is 28.6 Å². The number of ether oxygens (including phenoxy) is 2. The quantitative estimate of drug-likeness (QED) is 0.707. The first-order valence-corrected chi connectivity index (χ1v) is 11.5. The first-order chi connectivity index (χ1) is 16.2. The maximum Gasteiger partial charge on any atom is 0.193 e. The fraction of sp³-hybridized carbons (Fsp3) is 0.760. The summed E-state index contributed by atoms with van der Waals surface area (Å²) in [5, 5.41) is 21.8. The summed E-state index contributed by atoms with van der Waals surface area (Å²) in [6.45, 7) is 2.50. The number of Topliss-reactive ketones (excluding diaryl/α,β-unsaturated/α-hetero) is 1. The summed E-state index contributed by atoms with van der Waals surface area (Å²) in [5.74, 6) is -2.35. The Kier molecular flexibility index (Phi) is 3.92. The normalized spacial score (nSPS) is 53.3. The molecule has 6 nitrogen and oxygen atoms in total. The van der Waals surface area contributed by atoms with E-state index in [1.54, 1.807) is 0 Å². The van der Waals surface area contributed by atoms with Crippen molar-refractivity contribution in [2.75, 3.05) is 6.56 Å². The Bertz CT molecular complexity index is 1040. The molecule has 0 amide bonds. The Hall–Kier alpha value is -1.34. The number of carbonyl (C=O) groups excluding carboxylic acids is 2. The molecule has 1 unspecified atom stereocenters. The van der Waals surface area contributed by atoms with Gasteiger partial charge in [0.2, 0.25) is 0 Å². The standard InChI is InChI=1S/C25H34O6/c1-4-5-21-30-20-11-17-16-7-6-14-10-15(27)8-9-23(14,2)22(16)18(28)12-24(17,3)25(20,31-21)19(29)13-26/h8-10,16-18,20-22,26,28H,4-7,11-13H2,1-3H3/t16-,17-,18-,20+,21?,22+,23-,24-,25+/m0/s1/i9D,10D,13D2. The molecule has 0 aromatic heterocycles. The molecular formula is C25H34O6. The van der Waals surface area contributed by atoms with Crippen molar-refractivity contribution in [3.63, 3.8) is 0 Å². The molecule has 0 radical (unpaired) electrons. The highest BCUT2D eigenvalue weighted by atomic mass is 16.7. The zero-order valence-corrected chi connectivity index (χ0v) is 18.3. The molecule has 0 aromatic rings. The van der Waals surface area contributed by atoms with Crippen molar-refractivity contribution in [1.29, 1.82) is 0 Å². The summed E-state index contributed by atoms with van der Waals surface area (Å²) in [4.78, 5) is 25.8. The Balaban J connectivity index is 1.61. The summed E-state index contributed by atoms with van der Waals surface area (Å²) in [5.41, 5.74) is -3.13. The zero-order valence-electron chi connectivity index (χ0n) is 22.3. The molecule has 1 heterocycles. The molecule has 4 fully saturated rings. The summed E-state index contributed by atoms with van der Waals surface area (Å²) in [7, 11) is 0. The van der Waals surface area contributed by atoms with Gasteiger partial charge in [0.15, 0.2) is 23.5 Å². The lowest BCUT2D eigenvalue weighted by atomic mass is 9.46. The SMILES string of the molecule is [2H]C1=CC(=O)C([2H])=C2CC[C@@H]3[C@H]([C@@H](O)C[C@@]4(C)[C@H]3C[C@H]3OC(CCC)O[C@]34C(=O)C([2H])([2H])O)[C@@]12C. The third-order valence-corrected chi connectivity index (χ3v) is 9.01. The minimum atomic E-state index is -3.13. The van der Waals surface area contributed by atoms with Gasteiger partial charge in [0, 0.05) is 16.7 Å². The Morgan fingerprint density at radius 2 is 2.19 bits per heavy atom.